The number of carbonyl (C=O) groups excluding carboxylic acids is 1. The molecule has 2 atom stereocenters. The third kappa shape index (κ3) is 3.94. The molecule has 3 rings (SSSR count). The lowest BCUT2D eigenvalue weighted by Crippen LogP contribution is -2.38. The first-order chi connectivity index (χ1) is 11.6. The number of aromatic nitrogens is 2. The van der Waals surface area contributed by atoms with Gasteiger partial charge in [-0.3, -0.25) is 9.89 Å². The number of hydrogen-bond donors (Lipinski definition) is 3. The van der Waals surface area contributed by atoms with Gasteiger partial charge in [-0.05, 0) is 43.9 Å². The Balaban J connectivity index is 1.46. The molecule has 1 heterocycles. The number of benzene rings is 1. The Hall–Kier alpha value is -2.34. The lowest BCUT2D eigenvalue weighted by Gasteiger charge is -2.22. The number of amides is 1. The third-order valence-corrected chi connectivity index (χ3v) is 4.31. The van der Waals surface area contributed by atoms with Crippen LogP contribution >= 0.6 is 0 Å². The lowest BCUT2D eigenvalue weighted by molar-refractivity contribution is -0.123. The average Bonchev–Trinajstić information content (AvgIpc) is 3.06. The highest BCUT2D eigenvalue weighted by atomic mass is 16.5. The van der Waals surface area contributed by atoms with E-state index in [0.717, 1.165) is 41.8 Å². The summed E-state index contributed by atoms with van der Waals surface area (Å²) in [4.78, 5) is 12.4. The van der Waals surface area contributed by atoms with Crippen LogP contribution in [0.3, 0.4) is 0 Å². The lowest BCUT2D eigenvalue weighted by atomic mass is 9.86. The first kappa shape index (κ1) is 16.5. The van der Waals surface area contributed by atoms with E-state index in [-0.39, 0.29) is 25.0 Å². The number of nitrogens with zero attached hydrogens (tertiary/aromatic N) is 1. The van der Waals surface area contributed by atoms with Crippen molar-refractivity contribution in [2.24, 2.45) is 0 Å². The standard InChI is InChI=1S/C18H23N3O3/c1-12-4-2-5-14(8-12)24-11-13(22)9-19-18(23)15-6-3-7-17-16(15)10-20-21-17/h2,4-5,8,10,13,15,22H,3,6-7,9,11H2,1H3,(H,19,23)(H,20,21). The number of carbonyl (C=O) groups is 1. The Morgan fingerprint density at radius 2 is 2.42 bits per heavy atom. The molecule has 6 heteroatoms. The quantitative estimate of drug-likeness (QED) is 0.753. The van der Waals surface area contributed by atoms with Gasteiger partial charge in [0.1, 0.15) is 18.5 Å². The number of H-pyrrole nitrogens is 1. The second-order valence-corrected chi connectivity index (χ2v) is 6.28. The molecule has 1 amide bonds. The molecule has 2 aromatic rings. The second kappa shape index (κ2) is 7.49. The van der Waals surface area contributed by atoms with Gasteiger partial charge in [0.25, 0.3) is 0 Å². The van der Waals surface area contributed by atoms with Crippen molar-refractivity contribution < 1.29 is 14.6 Å². The maximum atomic E-state index is 12.4. The number of fused-ring (bicyclic) bond motifs is 1. The van der Waals surface area contributed by atoms with Gasteiger partial charge in [0.05, 0.1) is 12.1 Å². The Bertz CT molecular complexity index is 698. The Morgan fingerprint density at radius 3 is 3.25 bits per heavy atom. The predicted molar refractivity (Wildman–Crippen MR) is 90.0 cm³/mol. The van der Waals surface area contributed by atoms with Crippen molar-refractivity contribution in [1.29, 1.82) is 0 Å². The first-order valence-corrected chi connectivity index (χ1v) is 8.31. The van der Waals surface area contributed by atoms with Gasteiger partial charge in [0.15, 0.2) is 0 Å². The van der Waals surface area contributed by atoms with Crippen LogP contribution in [0.1, 0.15) is 35.6 Å². The molecule has 1 aromatic heterocycles. The van der Waals surface area contributed by atoms with Crippen molar-refractivity contribution in [1.82, 2.24) is 15.5 Å². The zero-order valence-electron chi connectivity index (χ0n) is 13.8. The fraction of sp³-hybridized carbons (Fsp3) is 0.444. The van der Waals surface area contributed by atoms with Gasteiger partial charge < -0.3 is 15.2 Å². The number of aromatic amines is 1. The summed E-state index contributed by atoms with van der Waals surface area (Å²) in [6.07, 6.45) is 3.70. The highest BCUT2D eigenvalue weighted by Crippen LogP contribution is 2.30. The zero-order valence-corrected chi connectivity index (χ0v) is 13.8. The van der Waals surface area contributed by atoms with Crippen LogP contribution in [0.25, 0.3) is 0 Å². The maximum Gasteiger partial charge on any atom is 0.227 e. The molecule has 2 unspecified atom stereocenters. The molecule has 24 heavy (non-hydrogen) atoms. The van der Waals surface area contributed by atoms with Crippen LogP contribution in [-0.4, -0.2) is 40.5 Å². The number of ether oxygens (including phenoxy) is 1. The van der Waals surface area contributed by atoms with Crippen molar-refractivity contribution in [3.63, 3.8) is 0 Å². The molecule has 0 bridgehead atoms. The van der Waals surface area contributed by atoms with E-state index in [1.807, 2.05) is 31.2 Å². The van der Waals surface area contributed by atoms with Crippen molar-refractivity contribution >= 4 is 5.91 Å². The van der Waals surface area contributed by atoms with Crippen LogP contribution in [-0.2, 0) is 11.2 Å². The maximum absolute atomic E-state index is 12.4. The van der Waals surface area contributed by atoms with Crippen LogP contribution in [0.15, 0.2) is 30.5 Å². The highest BCUT2D eigenvalue weighted by molar-refractivity contribution is 5.84. The van der Waals surface area contributed by atoms with E-state index in [1.54, 1.807) is 6.20 Å². The van der Waals surface area contributed by atoms with Crippen LogP contribution < -0.4 is 10.1 Å². The summed E-state index contributed by atoms with van der Waals surface area (Å²) in [5.41, 5.74) is 3.12. The van der Waals surface area contributed by atoms with E-state index in [0.29, 0.717) is 0 Å². The number of nitrogens with one attached hydrogen (secondary N) is 2. The highest BCUT2D eigenvalue weighted by Gasteiger charge is 2.28. The molecule has 0 saturated carbocycles. The second-order valence-electron chi connectivity index (χ2n) is 6.28. The van der Waals surface area contributed by atoms with Crippen LogP contribution in [0.5, 0.6) is 5.75 Å². The van der Waals surface area contributed by atoms with E-state index < -0.39 is 6.10 Å². The van der Waals surface area contributed by atoms with Gasteiger partial charge in [-0.2, -0.15) is 5.10 Å². The van der Waals surface area contributed by atoms with Gasteiger partial charge in [-0.25, -0.2) is 0 Å². The minimum Gasteiger partial charge on any atom is -0.491 e. The van der Waals surface area contributed by atoms with E-state index >= 15 is 0 Å². The van der Waals surface area contributed by atoms with E-state index in [2.05, 4.69) is 15.5 Å². The molecule has 0 radical (unpaired) electrons. The molecule has 1 aromatic carbocycles. The summed E-state index contributed by atoms with van der Waals surface area (Å²) < 4.78 is 5.55. The number of aliphatic hydroxyl groups is 1. The molecular weight excluding hydrogens is 306 g/mol. The number of hydrogen-bond acceptors (Lipinski definition) is 4. The smallest absolute Gasteiger partial charge is 0.227 e. The monoisotopic (exact) mass is 329 g/mol. The summed E-state index contributed by atoms with van der Waals surface area (Å²) in [6.45, 7) is 2.30. The zero-order chi connectivity index (χ0) is 16.9. The summed E-state index contributed by atoms with van der Waals surface area (Å²) in [5, 5.41) is 19.8. The van der Waals surface area contributed by atoms with E-state index in [9.17, 15) is 9.90 Å². The summed E-state index contributed by atoms with van der Waals surface area (Å²) in [6, 6.07) is 7.65. The van der Waals surface area contributed by atoms with E-state index in [1.165, 1.54) is 0 Å². The van der Waals surface area contributed by atoms with Crippen LogP contribution in [0, 0.1) is 6.92 Å². The SMILES string of the molecule is Cc1cccc(OCC(O)CNC(=O)C2CCCc3[nH]ncc32)c1. The normalized spacial score (nSPS) is 17.8. The van der Waals surface area contributed by atoms with Gasteiger partial charge in [-0.1, -0.05) is 12.1 Å². The van der Waals surface area contributed by atoms with Gasteiger partial charge in [0, 0.05) is 17.8 Å². The molecule has 1 aliphatic rings. The van der Waals surface area contributed by atoms with Crippen molar-refractivity contribution in [3.8, 4) is 5.75 Å². The molecule has 0 fully saturated rings. The Kier molecular flexibility index (Phi) is 5.15. The number of rotatable bonds is 6. The molecule has 3 N–H and O–H groups in total. The van der Waals surface area contributed by atoms with Crippen molar-refractivity contribution in [2.75, 3.05) is 13.2 Å². The fourth-order valence-corrected chi connectivity index (χ4v) is 3.03. The number of aliphatic hydroxyl groups excluding tert-OH is 1. The molecule has 6 nitrogen and oxygen atoms in total. The minimum atomic E-state index is -0.748. The largest absolute Gasteiger partial charge is 0.491 e. The van der Waals surface area contributed by atoms with E-state index in [4.69, 9.17) is 4.74 Å². The number of aryl methyl sites for hydroxylation is 2. The summed E-state index contributed by atoms with van der Waals surface area (Å²) in [7, 11) is 0. The molecule has 1 aliphatic carbocycles. The Labute approximate surface area is 141 Å². The van der Waals surface area contributed by atoms with Crippen LogP contribution in [0.2, 0.25) is 0 Å². The average molecular weight is 329 g/mol. The van der Waals surface area contributed by atoms with Gasteiger partial charge in [-0.15, -0.1) is 0 Å². The minimum absolute atomic E-state index is 0.0630. The topological polar surface area (TPSA) is 87.2 Å². The first-order valence-electron chi connectivity index (χ1n) is 8.31. The molecule has 0 spiro atoms. The molecule has 128 valence electrons. The van der Waals surface area contributed by atoms with Crippen LogP contribution in [0.4, 0.5) is 0 Å². The van der Waals surface area contributed by atoms with Crippen molar-refractivity contribution in [2.45, 2.75) is 38.2 Å². The Morgan fingerprint density at radius 1 is 1.54 bits per heavy atom. The molecule has 0 aliphatic heterocycles. The summed E-state index contributed by atoms with van der Waals surface area (Å²) in [5.74, 6) is 0.472. The molecule has 0 saturated heterocycles. The van der Waals surface area contributed by atoms with Gasteiger partial charge in [0.2, 0.25) is 5.91 Å². The third-order valence-electron chi connectivity index (χ3n) is 4.31. The molecular formula is C18H23N3O3. The fourth-order valence-electron chi connectivity index (χ4n) is 3.03. The van der Waals surface area contributed by atoms with Gasteiger partial charge >= 0.3 is 0 Å². The predicted octanol–water partition coefficient (Wildman–Crippen LogP) is 1.69. The summed E-state index contributed by atoms with van der Waals surface area (Å²) >= 11 is 0. The van der Waals surface area contributed by atoms with Crippen molar-refractivity contribution in [3.05, 3.63) is 47.3 Å².